The van der Waals surface area contributed by atoms with Gasteiger partial charge in [0, 0.05) is 38.7 Å². The van der Waals surface area contributed by atoms with Crippen molar-refractivity contribution in [3.63, 3.8) is 0 Å². The van der Waals surface area contributed by atoms with Gasteiger partial charge in [0.2, 0.25) is 0 Å². The number of carbonyl (C=O) groups excluding carboxylic acids is 3. The maximum absolute atomic E-state index is 11.9. The molecule has 9 heteroatoms. The van der Waals surface area contributed by atoms with Crippen molar-refractivity contribution >= 4 is 18.2 Å². The average Bonchev–Trinajstić information content (AvgIpc) is 2.71. The Labute approximate surface area is 205 Å². The van der Waals surface area contributed by atoms with Crippen LogP contribution >= 0.6 is 0 Å². The molecule has 0 aliphatic carbocycles. The summed E-state index contributed by atoms with van der Waals surface area (Å²) in [5, 5.41) is 9.21. The van der Waals surface area contributed by atoms with Crippen LogP contribution in [-0.2, 0) is 19.0 Å². The third-order valence-electron chi connectivity index (χ3n) is 6.11. The third kappa shape index (κ3) is 10.1. The first-order valence-corrected chi connectivity index (χ1v) is 12.2. The average molecular weight is 487 g/mol. The van der Waals surface area contributed by atoms with Crippen LogP contribution in [0.4, 0.5) is 9.59 Å². The molecule has 198 valence electrons. The number of hydrogen-bond acceptors (Lipinski definition) is 7. The van der Waals surface area contributed by atoms with Crippen LogP contribution in [0.3, 0.4) is 0 Å². The number of amides is 2. The van der Waals surface area contributed by atoms with Crippen molar-refractivity contribution in [2.75, 3.05) is 39.9 Å². The lowest BCUT2D eigenvalue weighted by Crippen LogP contribution is -2.47. The number of hydrogen-bond donors (Lipinski definition) is 1. The summed E-state index contributed by atoms with van der Waals surface area (Å²) in [6.07, 6.45) is 1.10. The molecule has 0 aromatic heterocycles. The molecule has 0 bridgehead atoms. The molecule has 34 heavy (non-hydrogen) atoms. The Morgan fingerprint density at radius 2 is 1.26 bits per heavy atom. The number of carbonyl (C=O) groups is 3. The van der Waals surface area contributed by atoms with Crippen molar-refractivity contribution in [2.45, 2.75) is 79.4 Å². The van der Waals surface area contributed by atoms with Gasteiger partial charge in [-0.15, -0.1) is 0 Å². The number of esters is 1. The number of likely N-dealkylation sites (tertiary alicyclic amines) is 2. The zero-order valence-corrected chi connectivity index (χ0v) is 22.6. The summed E-state index contributed by atoms with van der Waals surface area (Å²) in [4.78, 5) is 38.7. The molecule has 0 aromatic carbocycles. The Hall–Kier alpha value is -2.03. The topological polar surface area (TPSA) is 106 Å². The van der Waals surface area contributed by atoms with Crippen LogP contribution in [0.15, 0.2) is 0 Å². The van der Waals surface area contributed by atoms with E-state index in [1.807, 2.05) is 48.5 Å². The molecular weight excluding hydrogens is 440 g/mol. The van der Waals surface area contributed by atoms with Crippen LogP contribution in [0.25, 0.3) is 0 Å². The van der Waals surface area contributed by atoms with Gasteiger partial charge in [0.25, 0.3) is 0 Å². The first kappa shape index (κ1) is 30.0. The molecule has 2 aliphatic rings. The largest absolute Gasteiger partial charge is 0.469 e. The van der Waals surface area contributed by atoms with Gasteiger partial charge in [0.05, 0.1) is 13.0 Å². The lowest BCUT2D eigenvalue weighted by molar-refractivity contribution is -0.149. The van der Waals surface area contributed by atoms with E-state index >= 15 is 0 Å². The van der Waals surface area contributed by atoms with Gasteiger partial charge in [0.15, 0.2) is 0 Å². The lowest BCUT2D eigenvalue weighted by atomic mass is 9.87. The van der Waals surface area contributed by atoms with Crippen molar-refractivity contribution in [1.82, 2.24) is 9.80 Å². The van der Waals surface area contributed by atoms with E-state index in [2.05, 4.69) is 6.92 Å². The van der Waals surface area contributed by atoms with E-state index in [-0.39, 0.29) is 42.5 Å². The normalized spacial score (nSPS) is 25.6. The molecule has 2 fully saturated rings. The van der Waals surface area contributed by atoms with Crippen LogP contribution in [0.2, 0.25) is 0 Å². The fraction of sp³-hybridized carbons (Fsp3) is 0.880. The van der Waals surface area contributed by atoms with Crippen LogP contribution in [0.1, 0.15) is 68.2 Å². The van der Waals surface area contributed by atoms with Gasteiger partial charge in [-0.05, 0) is 66.2 Å². The molecule has 9 nitrogen and oxygen atoms in total. The number of nitrogens with zero attached hydrogens (tertiary/aromatic N) is 2. The molecule has 2 rings (SSSR count). The molecule has 2 saturated heterocycles. The van der Waals surface area contributed by atoms with Crippen molar-refractivity contribution in [1.29, 1.82) is 0 Å². The predicted molar refractivity (Wildman–Crippen MR) is 129 cm³/mol. The van der Waals surface area contributed by atoms with Gasteiger partial charge >= 0.3 is 18.2 Å². The van der Waals surface area contributed by atoms with E-state index < -0.39 is 11.2 Å². The van der Waals surface area contributed by atoms with E-state index in [1.54, 1.807) is 9.80 Å². The maximum atomic E-state index is 11.9. The fourth-order valence-corrected chi connectivity index (χ4v) is 3.90. The molecule has 1 N–H and O–H groups in total. The van der Waals surface area contributed by atoms with Gasteiger partial charge in [0.1, 0.15) is 11.2 Å². The maximum Gasteiger partial charge on any atom is 0.410 e. The number of piperidine rings is 2. The molecule has 0 aromatic rings. The first-order chi connectivity index (χ1) is 15.6. The third-order valence-corrected chi connectivity index (χ3v) is 6.11. The first-order valence-electron chi connectivity index (χ1n) is 12.2. The molecule has 0 saturated carbocycles. The van der Waals surface area contributed by atoms with E-state index in [0.29, 0.717) is 25.6 Å². The minimum Gasteiger partial charge on any atom is -0.469 e. The van der Waals surface area contributed by atoms with Gasteiger partial charge < -0.3 is 29.1 Å². The molecule has 2 aliphatic heterocycles. The van der Waals surface area contributed by atoms with Crippen molar-refractivity contribution in [2.24, 2.45) is 23.7 Å². The number of aliphatic hydroxyl groups excluding tert-OH is 1. The fourth-order valence-electron chi connectivity index (χ4n) is 3.90. The molecule has 0 spiro atoms. The molecule has 4 atom stereocenters. The predicted octanol–water partition coefficient (Wildman–Crippen LogP) is 3.92. The van der Waals surface area contributed by atoms with E-state index in [1.165, 1.54) is 7.11 Å². The Bertz CT molecular complexity index is 684. The highest BCUT2D eigenvalue weighted by molar-refractivity contribution is 5.75. The van der Waals surface area contributed by atoms with Crippen LogP contribution in [0, 0.1) is 23.7 Å². The number of ether oxygens (including phenoxy) is 3. The molecule has 0 radical (unpaired) electrons. The van der Waals surface area contributed by atoms with Gasteiger partial charge in [-0.3, -0.25) is 4.79 Å². The standard InChI is InChI=1S/C13H23NO4.C12H23NO3/c1-9-6-7-14(8-10(9)11(15)17-5)12(16)18-13(2,3)4;1-9-5-6-13(7-10(9)8-14)11(15)16-12(2,3)4/h9-10H,6-8H2,1-5H3;9-10,14H,5-8H2,1-4H3. The highest BCUT2D eigenvalue weighted by Gasteiger charge is 2.36. The Kier molecular flexibility index (Phi) is 11.1. The molecular formula is C25H46N2O7. The molecule has 2 amide bonds. The summed E-state index contributed by atoms with van der Waals surface area (Å²) < 4.78 is 15.4. The van der Waals surface area contributed by atoms with Crippen LogP contribution in [0.5, 0.6) is 0 Å². The van der Waals surface area contributed by atoms with Crippen LogP contribution < -0.4 is 0 Å². The van der Waals surface area contributed by atoms with Crippen molar-refractivity contribution in [3.8, 4) is 0 Å². The number of aliphatic hydroxyl groups is 1. The van der Waals surface area contributed by atoms with E-state index in [4.69, 9.17) is 14.2 Å². The smallest absolute Gasteiger partial charge is 0.410 e. The Morgan fingerprint density at radius 3 is 1.68 bits per heavy atom. The van der Waals surface area contributed by atoms with Crippen molar-refractivity contribution in [3.05, 3.63) is 0 Å². The highest BCUT2D eigenvalue weighted by atomic mass is 16.6. The summed E-state index contributed by atoms with van der Waals surface area (Å²) in [5.74, 6) is 0.383. The van der Waals surface area contributed by atoms with Gasteiger partial charge in [-0.25, -0.2) is 9.59 Å². The molecule has 2 heterocycles. The second-order valence-corrected chi connectivity index (χ2v) is 11.5. The summed E-state index contributed by atoms with van der Waals surface area (Å²) in [6.45, 7) is 17.7. The number of methoxy groups -OCH3 is 1. The summed E-state index contributed by atoms with van der Waals surface area (Å²) in [6, 6.07) is 0. The van der Waals surface area contributed by atoms with E-state index in [9.17, 15) is 19.5 Å². The Balaban J connectivity index is 0.000000342. The quantitative estimate of drug-likeness (QED) is 0.466. The van der Waals surface area contributed by atoms with E-state index in [0.717, 1.165) is 19.4 Å². The highest BCUT2D eigenvalue weighted by Crippen LogP contribution is 2.26. The Morgan fingerprint density at radius 1 is 0.824 bits per heavy atom. The number of rotatable bonds is 2. The monoisotopic (exact) mass is 486 g/mol. The summed E-state index contributed by atoms with van der Waals surface area (Å²) in [7, 11) is 1.38. The second-order valence-electron chi connectivity index (χ2n) is 11.5. The SMILES string of the molecule is CC1CCN(C(=O)OC(C)(C)C)CC1CO.COC(=O)C1CN(C(=O)OC(C)(C)C)CCC1C. The van der Waals surface area contributed by atoms with Gasteiger partial charge in [-0.2, -0.15) is 0 Å². The minimum atomic E-state index is -0.513. The summed E-state index contributed by atoms with van der Waals surface area (Å²) in [5.41, 5.74) is -0.963. The van der Waals surface area contributed by atoms with Crippen molar-refractivity contribution < 1.29 is 33.7 Å². The minimum absolute atomic E-state index is 0.139. The zero-order chi connectivity index (χ0) is 26.3. The van der Waals surface area contributed by atoms with Crippen LogP contribution in [-0.4, -0.2) is 84.2 Å². The van der Waals surface area contributed by atoms with Gasteiger partial charge in [-0.1, -0.05) is 13.8 Å². The molecule has 4 unspecified atom stereocenters. The lowest BCUT2D eigenvalue weighted by Gasteiger charge is -2.36. The summed E-state index contributed by atoms with van der Waals surface area (Å²) >= 11 is 0. The zero-order valence-electron chi connectivity index (χ0n) is 22.6. The second kappa shape index (κ2) is 12.6.